The third kappa shape index (κ3) is 4.46. The number of rotatable bonds is 7. The SMILES string of the molecule is CC(C)(C)[Si](OC1CN(c2nc(CN3C(=O)CCC3=O)cs2)C1)(c1ccccc1)c1ccccc1. The Hall–Kier alpha value is -2.81. The highest BCUT2D eigenvalue weighted by atomic mass is 32.1. The van der Waals surface area contributed by atoms with E-state index in [0.29, 0.717) is 12.8 Å². The number of aromatic nitrogens is 1. The van der Waals surface area contributed by atoms with Crippen LogP contribution in [0.3, 0.4) is 0 Å². The minimum absolute atomic E-state index is 0.0563. The smallest absolute Gasteiger partial charge is 0.261 e. The van der Waals surface area contributed by atoms with E-state index in [2.05, 4.69) is 86.3 Å². The molecule has 3 heterocycles. The van der Waals surface area contributed by atoms with Gasteiger partial charge in [-0.15, -0.1) is 11.3 Å². The Bertz CT molecular complexity index is 1150. The lowest BCUT2D eigenvalue weighted by Crippen LogP contribution is -2.70. The summed E-state index contributed by atoms with van der Waals surface area (Å²) in [4.78, 5) is 32.2. The summed E-state index contributed by atoms with van der Waals surface area (Å²) in [6, 6.07) is 21.4. The summed E-state index contributed by atoms with van der Waals surface area (Å²) in [5.41, 5.74) is 0.768. The molecule has 0 saturated carbocycles. The maximum atomic E-state index is 11.9. The second kappa shape index (κ2) is 9.33. The number of hydrogen-bond acceptors (Lipinski definition) is 6. The van der Waals surface area contributed by atoms with E-state index in [1.807, 2.05) is 5.38 Å². The van der Waals surface area contributed by atoms with Gasteiger partial charge in [-0.05, 0) is 15.4 Å². The molecule has 5 rings (SSSR count). The third-order valence-electron chi connectivity index (χ3n) is 6.89. The number of benzene rings is 2. The Morgan fingerprint density at radius 1 is 0.943 bits per heavy atom. The predicted molar refractivity (Wildman–Crippen MR) is 142 cm³/mol. The van der Waals surface area contributed by atoms with Crippen LogP contribution < -0.4 is 15.3 Å². The molecule has 0 N–H and O–H groups in total. The summed E-state index contributed by atoms with van der Waals surface area (Å²) < 4.78 is 7.18. The molecule has 2 aromatic carbocycles. The van der Waals surface area contributed by atoms with E-state index in [9.17, 15) is 9.59 Å². The van der Waals surface area contributed by atoms with Gasteiger partial charge in [0, 0.05) is 31.3 Å². The van der Waals surface area contributed by atoms with Crippen LogP contribution in [0.4, 0.5) is 5.13 Å². The summed E-state index contributed by atoms with van der Waals surface area (Å²) in [6.07, 6.45) is 0.724. The second-order valence-electron chi connectivity index (χ2n) is 10.3. The van der Waals surface area contributed by atoms with Gasteiger partial charge in [0.25, 0.3) is 8.32 Å². The number of nitrogens with zero attached hydrogens (tertiary/aromatic N) is 3. The molecule has 2 amide bonds. The second-order valence-corrected chi connectivity index (χ2v) is 15.4. The zero-order valence-electron chi connectivity index (χ0n) is 20.4. The predicted octanol–water partition coefficient (Wildman–Crippen LogP) is 3.56. The first kappa shape index (κ1) is 23.9. The maximum Gasteiger partial charge on any atom is 0.261 e. The van der Waals surface area contributed by atoms with Crippen molar-refractivity contribution in [3.8, 4) is 0 Å². The number of amides is 2. The van der Waals surface area contributed by atoms with Gasteiger partial charge in [-0.2, -0.15) is 0 Å². The standard InChI is InChI=1S/C27H31N3O3SSi/c1-27(2,3)35(22-10-6-4-7-11-22,23-12-8-5-9-13-23)33-21-17-29(18-21)26-28-20(19-34-26)16-30-24(31)14-15-25(30)32/h4-13,19,21H,14-18H2,1-3H3. The van der Waals surface area contributed by atoms with Gasteiger partial charge in [0.1, 0.15) is 0 Å². The van der Waals surface area contributed by atoms with Gasteiger partial charge in [-0.1, -0.05) is 81.4 Å². The molecule has 0 spiro atoms. The van der Waals surface area contributed by atoms with Gasteiger partial charge in [0.15, 0.2) is 5.13 Å². The van der Waals surface area contributed by atoms with Crippen molar-refractivity contribution in [2.75, 3.05) is 18.0 Å². The highest BCUT2D eigenvalue weighted by Gasteiger charge is 2.52. The van der Waals surface area contributed by atoms with Crippen LogP contribution in [0.25, 0.3) is 0 Å². The molecule has 0 bridgehead atoms. The average Bonchev–Trinajstić information content (AvgIpc) is 3.41. The molecular weight excluding hydrogens is 474 g/mol. The van der Waals surface area contributed by atoms with Crippen LogP contribution in [-0.2, 0) is 20.6 Å². The molecule has 0 radical (unpaired) electrons. The summed E-state index contributed by atoms with van der Waals surface area (Å²) in [5.74, 6) is -0.209. The molecular formula is C27H31N3O3SSi. The first-order valence-corrected chi connectivity index (χ1v) is 14.9. The number of anilines is 1. The lowest BCUT2D eigenvalue weighted by atomic mass is 10.2. The minimum Gasteiger partial charge on any atom is -0.401 e. The van der Waals surface area contributed by atoms with E-state index in [1.54, 1.807) is 11.3 Å². The molecule has 0 atom stereocenters. The quantitative estimate of drug-likeness (QED) is 0.363. The molecule has 3 aromatic rings. The monoisotopic (exact) mass is 505 g/mol. The lowest BCUT2D eigenvalue weighted by molar-refractivity contribution is -0.139. The summed E-state index contributed by atoms with van der Waals surface area (Å²) in [6.45, 7) is 8.71. The highest BCUT2D eigenvalue weighted by molar-refractivity contribution is 7.13. The molecule has 182 valence electrons. The fourth-order valence-electron chi connectivity index (χ4n) is 5.09. The molecule has 2 aliphatic rings. The van der Waals surface area contributed by atoms with Gasteiger partial charge < -0.3 is 9.33 Å². The van der Waals surface area contributed by atoms with Crippen LogP contribution >= 0.6 is 11.3 Å². The van der Waals surface area contributed by atoms with Crippen molar-refractivity contribution in [2.45, 2.75) is 51.3 Å². The van der Waals surface area contributed by atoms with E-state index in [0.717, 1.165) is 23.9 Å². The number of hydrogen-bond donors (Lipinski definition) is 0. The molecule has 8 heteroatoms. The van der Waals surface area contributed by atoms with Crippen LogP contribution in [0.5, 0.6) is 0 Å². The number of thiazole rings is 1. The molecule has 35 heavy (non-hydrogen) atoms. The average molecular weight is 506 g/mol. The van der Waals surface area contributed by atoms with Crippen molar-refractivity contribution in [1.29, 1.82) is 0 Å². The van der Waals surface area contributed by atoms with Crippen LogP contribution in [0.15, 0.2) is 66.0 Å². The van der Waals surface area contributed by atoms with Crippen molar-refractivity contribution in [3.05, 3.63) is 71.7 Å². The number of imide groups is 1. The largest absolute Gasteiger partial charge is 0.401 e. The third-order valence-corrected chi connectivity index (χ3v) is 12.9. The van der Waals surface area contributed by atoms with Gasteiger partial charge in [0.2, 0.25) is 11.8 Å². The first-order chi connectivity index (χ1) is 16.8. The molecule has 6 nitrogen and oxygen atoms in total. The van der Waals surface area contributed by atoms with Crippen LogP contribution in [0, 0.1) is 0 Å². The molecule has 2 fully saturated rings. The van der Waals surface area contributed by atoms with Crippen molar-refractivity contribution < 1.29 is 14.0 Å². The van der Waals surface area contributed by atoms with Crippen LogP contribution in [0.1, 0.15) is 39.3 Å². The fourth-order valence-corrected chi connectivity index (χ4v) is 10.6. The normalized spacial score (nSPS) is 17.2. The van der Waals surface area contributed by atoms with Crippen molar-refractivity contribution in [2.24, 2.45) is 0 Å². The molecule has 1 aromatic heterocycles. The molecule has 0 unspecified atom stereocenters. The van der Waals surface area contributed by atoms with Crippen LogP contribution in [0.2, 0.25) is 5.04 Å². The minimum atomic E-state index is -2.57. The Kier molecular flexibility index (Phi) is 6.37. The summed E-state index contributed by atoms with van der Waals surface area (Å²) >= 11 is 1.56. The number of carbonyl (C=O) groups is 2. The Morgan fingerprint density at radius 2 is 1.49 bits per heavy atom. The van der Waals surface area contributed by atoms with Gasteiger partial charge in [-0.3, -0.25) is 14.5 Å². The topological polar surface area (TPSA) is 62.7 Å². The van der Waals surface area contributed by atoms with E-state index >= 15 is 0 Å². The molecule has 0 aliphatic carbocycles. The fraction of sp³-hybridized carbons (Fsp3) is 0.370. The lowest BCUT2D eigenvalue weighted by Gasteiger charge is -2.49. The Morgan fingerprint density at radius 3 is 2.00 bits per heavy atom. The summed E-state index contributed by atoms with van der Waals surface area (Å²) in [7, 11) is -2.57. The van der Waals surface area contributed by atoms with E-state index < -0.39 is 8.32 Å². The number of likely N-dealkylation sites (tertiary alicyclic amines) is 1. The van der Waals surface area contributed by atoms with Crippen LogP contribution in [-0.4, -0.2) is 49.2 Å². The molecule has 2 saturated heterocycles. The highest BCUT2D eigenvalue weighted by Crippen LogP contribution is 2.39. The van der Waals surface area contributed by atoms with E-state index in [4.69, 9.17) is 9.41 Å². The van der Waals surface area contributed by atoms with E-state index in [-0.39, 0.29) is 29.5 Å². The Labute approximate surface area is 211 Å². The van der Waals surface area contributed by atoms with Crippen molar-refractivity contribution >= 4 is 47.0 Å². The molecule has 2 aliphatic heterocycles. The number of carbonyl (C=O) groups excluding carboxylic acids is 2. The zero-order chi connectivity index (χ0) is 24.6. The van der Waals surface area contributed by atoms with Gasteiger partial charge in [0.05, 0.1) is 18.3 Å². The first-order valence-electron chi connectivity index (χ1n) is 12.1. The van der Waals surface area contributed by atoms with E-state index in [1.165, 1.54) is 15.3 Å². The van der Waals surface area contributed by atoms with Gasteiger partial charge >= 0.3 is 0 Å². The van der Waals surface area contributed by atoms with Gasteiger partial charge in [-0.25, -0.2) is 4.98 Å². The van der Waals surface area contributed by atoms with Crippen molar-refractivity contribution in [1.82, 2.24) is 9.88 Å². The zero-order valence-corrected chi connectivity index (χ0v) is 22.3. The van der Waals surface area contributed by atoms with Crippen molar-refractivity contribution in [3.63, 3.8) is 0 Å². The maximum absolute atomic E-state index is 11.9. The summed E-state index contributed by atoms with van der Waals surface area (Å²) in [5, 5.41) is 5.38. The Balaban J connectivity index is 1.34.